The maximum absolute atomic E-state index is 12.7. The summed E-state index contributed by atoms with van der Waals surface area (Å²) in [5.41, 5.74) is 0.954. The molecule has 2 aromatic rings. The summed E-state index contributed by atoms with van der Waals surface area (Å²) in [6.45, 7) is 5.55. The van der Waals surface area contributed by atoms with Gasteiger partial charge in [-0.25, -0.2) is 4.98 Å². The third kappa shape index (κ3) is 5.07. The zero-order valence-electron chi connectivity index (χ0n) is 17.4. The van der Waals surface area contributed by atoms with E-state index in [1.807, 2.05) is 0 Å². The predicted octanol–water partition coefficient (Wildman–Crippen LogP) is 2.44. The van der Waals surface area contributed by atoms with E-state index in [1.165, 1.54) is 10.6 Å². The molecule has 1 aliphatic heterocycles. The van der Waals surface area contributed by atoms with Crippen molar-refractivity contribution in [1.82, 2.24) is 9.55 Å². The van der Waals surface area contributed by atoms with Crippen LogP contribution in [0.25, 0.3) is 0 Å². The van der Waals surface area contributed by atoms with Crippen molar-refractivity contribution in [3.8, 4) is 11.5 Å². The summed E-state index contributed by atoms with van der Waals surface area (Å²) in [6.07, 6.45) is 2.08. The topological polar surface area (TPSA) is 85.7 Å². The molecule has 1 aliphatic rings. The van der Waals surface area contributed by atoms with Crippen molar-refractivity contribution in [2.45, 2.75) is 33.2 Å². The van der Waals surface area contributed by atoms with Gasteiger partial charge in [0.25, 0.3) is 5.56 Å². The highest BCUT2D eigenvalue weighted by Gasteiger charge is 2.22. The summed E-state index contributed by atoms with van der Waals surface area (Å²) in [7, 11) is 3.09. The van der Waals surface area contributed by atoms with Gasteiger partial charge in [0.05, 0.1) is 14.2 Å². The normalized spacial score (nSPS) is 14.6. The lowest BCUT2D eigenvalue weighted by atomic mass is 10.00. The lowest BCUT2D eigenvalue weighted by Gasteiger charge is -2.32. The summed E-state index contributed by atoms with van der Waals surface area (Å²) in [5.74, 6) is 2.02. The molecule has 8 heteroatoms. The zero-order chi connectivity index (χ0) is 21.0. The number of methoxy groups -OCH3 is 2. The molecule has 1 aromatic carbocycles. The molecule has 0 spiro atoms. The van der Waals surface area contributed by atoms with Crippen LogP contribution in [0.15, 0.2) is 29.1 Å². The van der Waals surface area contributed by atoms with Gasteiger partial charge in [-0.2, -0.15) is 0 Å². The van der Waals surface area contributed by atoms with Crippen LogP contribution in [0.1, 0.15) is 25.5 Å². The van der Waals surface area contributed by atoms with Gasteiger partial charge >= 0.3 is 0 Å². The first-order chi connectivity index (χ1) is 13.9. The number of hydrogen-bond acceptors (Lipinski definition) is 6. The molecular weight excluding hydrogens is 372 g/mol. The van der Waals surface area contributed by atoms with E-state index >= 15 is 0 Å². The van der Waals surface area contributed by atoms with E-state index in [-0.39, 0.29) is 18.0 Å². The fourth-order valence-electron chi connectivity index (χ4n) is 3.43. The maximum atomic E-state index is 12.7. The fourth-order valence-corrected chi connectivity index (χ4v) is 3.43. The summed E-state index contributed by atoms with van der Waals surface area (Å²) >= 11 is 0. The standard InChI is InChI=1S/C21H28N4O4/c1-14-5-7-24(8-6-14)21-22-15(2)9-20(27)25(21)13-19(26)23-16-10-17(28-3)12-18(11-16)29-4/h9-12,14H,5-8,13H2,1-4H3,(H,23,26). The number of carbonyl (C=O) groups excluding carboxylic acids is 1. The summed E-state index contributed by atoms with van der Waals surface area (Å²) in [4.78, 5) is 32.0. The highest BCUT2D eigenvalue weighted by molar-refractivity contribution is 5.91. The maximum Gasteiger partial charge on any atom is 0.255 e. The number of amides is 1. The van der Waals surface area contributed by atoms with E-state index in [9.17, 15) is 9.59 Å². The molecule has 1 saturated heterocycles. The molecule has 0 unspecified atom stereocenters. The lowest BCUT2D eigenvalue weighted by molar-refractivity contribution is -0.116. The Bertz CT molecular complexity index is 911. The van der Waals surface area contributed by atoms with Gasteiger partial charge in [-0.1, -0.05) is 6.92 Å². The molecule has 0 bridgehead atoms. The molecule has 0 atom stereocenters. The predicted molar refractivity (Wildman–Crippen MR) is 112 cm³/mol. The molecule has 0 aliphatic carbocycles. The van der Waals surface area contributed by atoms with Crippen LogP contribution in [0.4, 0.5) is 11.6 Å². The van der Waals surface area contributed by atoms with Crippen molar-refractivity contribution in [2.75, 3.05) is 37.5 Å². The molecule has 156 valence electrons. The number of nitrogens with one attached hydrogen (secondary N) is 1. The van der Waals surface area contributed by atoms with E-state index in [1.54, 1.807) is 39.3 Å². The van der Waals surface area contributed by atoms with E-state index < -0.39 is 0 Å². The Balaban J connectivity index is 1.82. The number of nitrogens with zero attached hydrogens (tertiary/aromatic N) is 3. The number of benzene rings is 1. The molecule has 1 amide bonds. The minimum absolute atomic E-state index is 0.118. The van der Waals surface area contributed by atoms with E-state index in [0.29, 0.717) is 34.7 Å². The molecule has 0 radical (unpaired) electrons. The van der Waals surface area contributed by atoms with Crippen LogP contribution in [0.5, 0.6) is 11.5 Å². The van der Waals surface area contributed by atoms with Gasteiger partial charge in [-0.3, -0.25) is 14.2 Å². The first-order valence-corrected chi connectivity index (χ1v) is 9.76. The second kappa shape index (κ2) is 8.98. The largest absolute Gasteiger partial charge is 0.497 e. The molecule has 8 nitrogen and oxygen atoms in total. The van der Waals surface area contributed by atoms with Crippen molar-refractivity contribution >= 4 is 17.5 Å². The minimum atomic E-state index is -0.320. The Morgan fingerprint density at radius 3 is 2.34 bits per heavy atom. The number of aryl methyl sites for hydroxylation is 1. The van der Waals surface area contributed by atoms with Crippen molar-refractivity contribution in [3.63, 3.8) is 0 Å². The Hall–Kier alpha value is -3.03. The number of carbonyl (C=O) groups is 1. The number of anilines is 2. The molecule has 1 N–H and O–H groups in total. The first kappa shape index (κ1) is 20.7. The third-order valence-corrected chi connectivity index (χ3v) is 5.12. The Kier molecular flexibility index (Phi) is 6.41. The molecule has 2 heterocycles. The van der Waals surface area contributed by atoms with Crippen LogP contribution in [0, 0.1) is 12.8 Å². The smallest absolute Gasteiger partial charge is 0.255 e. The van der Waals surface area contributed by atoms with Crippen LogP contribution in [0.2, 0.25) is 0 Å². The highest BCUT2D eigenvalue weighted by Crippen LogP contribution is 2.26. The van der Waals surface area contributed by atoms with Crippen LogP contribution in [0.3, 0.4) is 0 Å². The van der Waals surface area contributed by atoms with Crippen molar-refractivity contribution < 1.29 is 14.3 Å². The summed E-state index contributed by atoms with van der Waals surface area (Å²) in [6, 6.07) is 6.57. The quantitative estimate of drug-likeness (QED) is 0.802. The van der Waals surface area contributed by atoms with Crippen molar-refractivity contribution in [1.29, 1.82) is 0 Å². The monoisotopic (exact) mass is 400 g/mol. The van der Waals surface area contributed by atoms with Crippen molar-refractivity contribution in [2.24, 2.45) is 5.92 Å². The van der Waals surface area contributed by atoms with Crippen LogP contribution in [-0.2, 0) is 11.3 Å². The minimum Gasteiger partial charge on any atom is -0.497 e. The Morgan fingerprint density at radius 2 is 1.76 bits per heavy atom. The molecule has 0 saturated carbocycles. The van der Waals surface area contributed by atoms with Crippen LogP contribution < -0.4 is 25.2 Å². The number of piperidine rings is 1. The van der Waals surface area contributed by atoms with Gasteiger partial charge in [0, 0.05) is 48.7 Å². The number of rotatable bonds is 6. The zero-order valence-corrected chi connectivity index (χ0v) is 17.4. The first-order valence-electron chi connectivity index (χ1n) is 9.76. The van der Waals surface area contributed by atoms with Gasteiger partial charge in [-0.05, 0) is 25.7 Å². The number of hydrogen-bond donors (Lipinski definition) is 1. The van der Waals surface area contributed by atoms with E-state index in [0.717, 1.165) is 25.9 Å². The Labute approximate surface area is 170 Å². The fraction of sp³-hybridized carbons (Fsp3) is 0.476. The van der Waals surface area contributed by atoms with Gasteiger partial charge in [0.1, 0.15) is 18.0 Å². The third-order valence-electron chi connectivity index (χ3n) is 5.12. The molecular formula is C21H28N4O4. The second-order valence-electron chi connectivity index (χ2n) is 7.44. The summed E-state index contributed by atoms with van der Waals surface area (Å²) in [5, 5.41) is 2.81. The Morgan fingerprint density at radius 1 is 1.14 bits per heavy atom. The number of ether oxygens (including phenoxy) is 2. The second-order valence-corrected chi connectivity index (χ2v) is 7.44. The molecule has 29 heavy (non-hydrogen) atoms. The molecule has 3 rings (SSSR count). The number of aromatic nitrogens is 2. The van der Waals surface area contributed by atoms with Crippen molar-refractivity contribution in [3.05, 3.63) is 40.3 Å². The van der Waals surface area contributed by atoms with Gasteiger partial charge < -0.3 is 19.7 Å². The van der Waals surface area contributed by atoms with Gasteiger partial charge in [0.15, 0.2) is 0 Å². The molecule has 1 fully saturated rings. The van der Waals surface area contributed by atoms with Crippen LogP contribution >= 0.6 is 0 Å². The SMILES string of the molecule is COc1cc(NC(=O)Cn2c(N3CCC(C)CC3)nc(C)cc2=O)cc(OC)c1. The van der Waals surface area contributed by atoms with Gasteiger partial charge in [0.2, 0.25) is 11.9 Å². The van der Waals surface area contributed by atoms with Gasteiger partial charge in [-0.15, -0.1) is 0 Å². The average molecular weight is 400 g/mol. The summed E-state index contributed by atoms with van der Waals surface area (Å²) < 4.78 is 11.9. The average Bonchev–Trinajstić information content (AvgIpc) is 2.70. The van der Waals surface area contributed by atoms with E-state index in [4.69, 9.17) is 9.47 Å². The van der Waals surface area contributed by atoms with Crippen LogP contribution in [-0.4, -0.2) is 42.8 Å². The lowest BCUT2D eigenvalue weighted by Crippen LogP contribution is -2.39. The van der Waals surface area contributed by atoms with E-state index in [2.05, 4.69) is 22.1 Å². The highest BCUT2D eigenvalue weighted by atomic mass is 16.5. The molecule has 1 aromatic heterocycles.